The van der Waals surface area contributed by atoms with Crippen LogP contribution in [0.3, 0.4) is 0 Å². The smallest absolute Gasteiger partial charge is 0.407 e. The highest BCUT2D eigenvalue weighted by atomic mass is 19.1. The minimum atomic E-state index is -0.946. The Morgan fingerprint density at radius 3 is 2.76 bits per heavy atom. The van der Waals surface area contributed by atoms with Gasteiger partial charge in [-0.25, -0.2) is 9.18 Å². The Labute approximate surface area is 98.1 Å². The number of anilines is 1. The lowest BCUT2D eigenvalue weighted by Crippen LogP contribution is -2.33. The molecule has 2 rings (SSSR count). The van der Waals surface area contributed by atoms with Crippen LogP contribution in [0, 0.1) is 5.82 Å². The van der Waals surface area contributed by atoms with Gasteiger partial charge in [-0.3, -0.25) is 0 Å². The highest BCUT2D eigenvalue weighted by molar-refractivity contribution is 5.72. The molecule has 1 aliphatic rings. The first-order chi connectivity index (χ1) is 8.08. The molecule has 0 unspecified atom stereocenters. The Kier molecular flexibility index (Phi) is 2.99. The minimum absolute atomic E-state index is 0.300. The van der Waals surface area contributed by atoms with Gasteiger partial charge < -0.3 is 15.7 Å². The Morgan fingerprint density at radius 2 is 2.24 bits per heavy atom. The van der Waals surface area contributed by atoms with Crippen molar-refractivity contribution < 1.29 is 14.3 Å². The first-order valence-electron chi connectivity index (χ1n) is 5.30. The predicted octanol–water partition coefficient (Wildman–Crippen LogP) is 2.18. The first kappa shape index (κ1) is 11.4. The van der Waals surface area contributed by atoms with Gasteiger partial charge in [-0.15, -0.1) is 0 Å². The Hall–Kier alpha value is -2.04. The lowest BCUT2D eigenvalue weighted by molar-refractivity contribution is 0.150. The largest absolute Gasteiger partial charge is 0.465 e. The SMILES string of the molecule is Nc1ccc(C2=CCN(C(=O)O)CC2)c(F)c1. The maximum absolute atomic E-state index is 13.6. The average Bonchev–Trinajstić information content (AvgIpc) is 2.29. The van der Waals surface area contributed by atoms with Gasteiger partial charge in [0.2, 0.25) is 0 Å². The van der Waals surface area contributed by atoms with Crippen molar-refractivity contribution in [2.75, 3.05) is 18.8 Å². The summed E-state index contributed by atoms with van der Waals surface area (Å²) in [5.74, 6) is -0.361. The summed E-state index contributed by atoms with van der Waals surface area (Å²) in [5, 5.41) is 8.79. The second kappa shape index (κ2) is 4.45. The monoisotopic (exact) mass is 236 g/mol. The molecule has 0 aliphatic carbocycles. The molecule has 1 aliphatic heterocycles. The zero-order chi connectivity index (χ0) is 12.4. The summed E-state index contributed by atoms with van der Waals surface area (Å²) in [6.07, 6.45) is 1.32. The van der Waals surface area contributed by atoms with E-state index < -0.39 is 6.09 Å². The maximum Gasteiger partial charge on any atom is 0.407 e. The molecule has 0 fully saturated rings. The van der Waals surface area contributed by atoms with Crippen molar-refractivity contribution in [2.24, 2.45) is 0 Å². The van der Waals surface area contributed by atoms with Gasteiger partial charge >= 0.3 is 6.09 Å². The highest BCUT2D eigenvalue weighted by Gasteiger charge is 2.18. The number of amides is 1. The van der Waals surface area contributed by atoms with Crippen LogP contribution in [0.5, 0.6) is 0 Å². The summed E-state index contributed by atoms with van der Waals surface area (Å²) in [7, 11) is 0. The topological polar surface area (TPSA) is 66.6 Å². The van der Waals surface area contributed by atoms with Gasteiger partial charge in [-0.1, -0.05) is 6.08 Å². The second-order valence-electron chi connectivity index (χ2n) is 3.95. The Morgan fingerprint density at radius 1 is 1.47 bits per heavy atom. The molecule has 0 atom stereocenters. The van der Waals surface area contributed by atoms with Gasteiger partial charge in [0.1, 0.15) is 5.82 Å². The molecule has 0 saturated heterocycles. The van der Waals surface area contributed by atoms with Crippen molar-refractivity contribution in [2.45, 2.75) is 6.42 Å². The van der Waals surface area contributed by atoms with E-state index in [1.165, 1.54) is 11.0 Å². The van der Waals surface area contributed by atoms with E-state index in [0.717, 1.165) is 5.57 Å². The van der Waals surface area contributed by atoms with Crippen molar-refractivity contribution in [3.63, 3.8) is 0 Å². The van der Waals surface area contributed by atoms with Crippen molar-refractivity contribution >= 4 is 17.4 Å². The van der Waals surface area contributed by atoms with Gasteiger partial charge in [0.15, 0.2) is 0 Å². The summed E-state index contributed by atoms with van der Waals surface area (Å²) in [4.78, 5) is 12.0. The fraction of sp³-hybridized carbons (Fsp3) is 0.250. The van der Waals surface area contributed by atoms with Crippen molar-refractivity contribution in [3.8, 4) is 0 Å². The molecule has 0 spiro atoms. The maximum atomic E-state index is 13.6. The van der Waals surface area contributed by atoms with Crippen LogP contribution in [0.15, 0.2) is 24.3 Å². The van der Waals surface area contributed by atoms with Crippen LogP contribution in [-0.2, 0) is 0 Å². The zero-order valence-electron chi connectivity index (χ0n) is 9.19. The highest BCUT2D eigenvalue weighted by Crippen LogP contribution is 2.25. The van der Waals surface area contributed by atoms with E-state index in [9.17, 15) is 9.18 Å². The van der Waals surface area contributed by atoms with Crippen LogP contribution < -0.4 is 5.73 Å². The van der Waals surface area contributed by atoms with Crippen LogP contribution in [0.4, 0.5) is 14.9 Å². The van der Waals surface area contributed by atoms with Crippen LogP contribution in [0.25, 0.3) is 5.57 Å². The van der Waals surface area contributed by atoms with Crippen LogP contribution >= 0.6 is 0 Å². The molecule has 1 amide bonds. The van der Waals surface area contributed by atoms with Crippen LogP contribution in [-0.4, -0.2) is 29.2 Å². The normalized spacial score (nSPS) is 15.6. The quantitative estimate of drug-likeness (QED) is 0.734. The van der Waals surface area contributed by atoms with E-state index in [0.29, 0.717) is 30.8 Å². The molecular formula is C12H13FN2O2. The van der Waals surface area contributed by atoms with Gasteiger partial charge in [0.25, 0.3) is 0 Å². The summed E-state index contributed by atoms with van der Waals surface area (Å²) >= 11 is 0. The molecule has 0 bridgehead atoms. The number of nitrogen functional groups attached to an aromatic ring is 1. The third kappa shape index (κ3) is 2.38. The third-order valence-corrected chi connectivity index (χ3v) is 2.82. The fourth-order valence-corrected chi connectivity index (χ4v) is 1.88. The molecule has 90 valence electrons. The number of rotatable bonds is 1. The molecule has 1 aromatic carbocycles. The van der Waals surface area contributed by atoms with E-state index in [2.05, 4.69) is 0 Å². The van der Waals surface area contributed by atoms with Gasteiger partial charge in [-0.05, 0) is 30.2 Å². The van der Waals surface area contributed by atoms with Gasteiger partial charge in [0.05, 0.1) is 0 Å². The summed E-state index contributed by atoms with van der Waals surface area (Å²) < 4.78 is 13.6. The first-order valence-corrected chi connectivity index (χ1v) is 5.30. The number of nitrogens with zero attached hydrogens (tertiary/aromatic N) is 1. The van der Waals surface area contributed by atoms with E-state index in [4.69, 9.17) is 10.8 Å². The molecule has 5 heteroatoms. The Balaban J connectivity index is 2.22. The molecule has 1 aromatic rings. The van der Waals surface area contributed by atoms with Gasteiger partial charge in [-0.2, -0.15) is 0 Å². The lowest BCUT2D eigenvalue weighted by Gasteiger charge is -2.24. The van der Waals surface area contributed by atoms with Crippen molar-refractivity contribution in [1.29, 1.82) is 0 Å². The van der Waals surface area contributed by atoms with E-state index in [-0.39, 0.29) is 5.82 Å². The number of benzene rings is 1. The zero-order valence-corrected chi connectivity index (χ0v) is 9.19. The molecular weight excluding hydrogens is 223 g/mol. The number of hydrogen-bond donors (Lipinski definition) is 2. The molecule has 3 N–H and O–H groups in total. The standard InChI is InChI=1S/C12H13FN2O2/c13-11-7-9(14)1-2-10(11)8-3-5-15(6-4-8)12(16)17/h1-3,7H,4-6,14H2,(H,16,17). The lowest BCUT2D eigenvalue weighted by atomic mass is 9.99. The average molecular weight is 236 g/mol. The summed E-state index contributed by atoms with van der Waals surface area (Å²) in [6.45, 7) is 0.694. The molecule has 1 heterocycles. The fourth-order valence-electron chi connectivity index (χ4n) is 1.88. The summed E-state index contributed by atoms with van der Waals surface area (Å²) in [6, 6.07) is 4.55. The number of nitrogens with two attached hydrogens (primary N) is 1. The van der Waals surface area contributed by atoms with E-state index >= 15 is 0 Å². The number of carbonyl (C=O) groups is 1. The molecule has 17 heavy (non-hydrogen) atoms. The van der Waals surface area contributed by atoms with Crippen LogP contribution in [0.1, 0.15) is 12.0 Å². The minimum Gasteiger partial charge on any atom is -0.465 e. The Bertz CT molecular complexity index is 485. The number of hydrogen-bond acceptors (Lipinski definition) is 2. The molecule has 0 saturated carbocycles. The van der Waals surface area contributed by atoms with E-state index in [1.54, 1.807) is 18.2 Å². The number of halogens is 1. The van der Waals surface area contributed by atoms with E-state index in [1.807, 2.05) is 0 Å². The third-order valence-electron chi connectivity index (χ3n) is 2.82. The molecule has 4 nitrogen and oxygen atoms in total. The summed E-state index contributed by atoms with van der Waals surface area (Å²) in [5.41, 5.74) is 7.19. The van der Waals surface area contributed by atoms with Crippen molar-refractivity contribution in [1.82, 2.24) is 4.90 Å². The van der Waals surface area contributed by atoms with Gasteiger partial charge in [0, 0.05) is 24.3 Å². The molecule has 0 radical (unpaired) electrons. The molecule has 0 aromatic heterocycles. The van der Waals surface area contributed by atoms with Crippen molar-refractivity contribution in [3.05, 3.63) is 35.7 Å². The number of carboxylic acid groups (broad SMARTS) is 1. The van der Waals surface area contributed by atoms with Crippen LogP contribution in [0.2, 0.25) is 0 Å². The predicted molar refractivity (Wildman–Crippen MR) is 63.0 cm³/mol. The second-order valence-corrected chi connectivity index (χ2v) is 3.95.